The van der Waals surface area contributed by atoms with Crippen molar-refractivity contribution in [3.8, 4) is 0 Å². The molecule has 1 rings (SSSR count). The Hall–Kier alpha value is -1.64. The lowest BCUT2D eigenvalue weighted by Gasteiger charge is -2.02. The highest BCUT2D eigenvalue weighted by molar-refractivity contribution is 6.35. The summed E-state index contributed by atoms with van der Waals surface area (Å²) in [6, 6.07) is 10.0. The topological polar surface area (TPSA) is 46.2 Å². The van der Waals surface area contributed by atoms with Crippen molar-refractivity contribution in [3.63, 3.8) is 0 Å². The van der Waals surface area contributed by atoms with E-state index in [1.807, 2.05) is 30.3 Å². The van der Waals surface area contributed by atoms with E-state index in [1.165, 1.54) is 12.5 Å². The molecule has 0 fully saturated rings. The van der Waals surface area contributed by atoms with E-state index in [2.05, 4.69) is 5.32 Å². The third-order valence-corrected chi connectivity index (χ3v) is 2.09. The molecule has 80 valence electrons. The van der Waals surface area contributed by atoms with E-state index in [1.54, 1.807) is 0 Å². The number of ketones is 1. The molecule has 15 heavy (non-hydrogen) atoms. The molecule has 0 radical (unpaired) electrons. The van der Waals surface area contributed by atoms with Gasteiger partial charge in [-0.15, -0.1) is 0 Å². The summed E-state index contributed by atoms with van der Waals surface area (Å²) in [5, 5.41) is 2.56. The second-order valence-corrected chi connectivity index (χ2v) is 3.40. The van der Waals surface area contributed by atoms with Gasteiger partial charge in [0.25, 0.3) is 5.91 Å². The zero-order valence-electron chi connectivity index (χ0n) is 8.82. The Morgan fingerprint density at radius 2 is 1.87 bits per heavy atom. The molecule has 0 aliphatic rings. The SMILES string of the molecule is CC(=O)C(=O)NCCCc1ccccc1. The minimum atomic E-state index is -0.497. The summed E-state index contributed by atoms with van der Waals surface area (Å²) >= 11 is 0. The lowest BCUT2D eigenvalue weighted by Crippen LogP contribution is -2.30. The average molecular weight is 205 g/mol. The fourth-order valence-corrected chi connectivity index (χ4v) is 1.26. The maximum absolute atomic E-state index is 10.9. The molecule has 0 atom stereocenters. The van der Waals surface area contributed by atoms with Gasteiger partial charge in [0, 0.05) is 13.5 Å². The van der Waals surface area contributed by atoms with E-state index in [4.69, 9.17) is 0 Å². The average Bonchev–Trinajstić information content (AvgIpc) is 2.25. The number of aryl methyl sites for hydroxylation is 1. The molecule has 0 bridgehead atoms. The molecule has 0 aliphatic carbocycles. The maximum atomic E-state index is 10.9. The number of nitrogens with one attached hydrogen (secondary N) is 1. The molecule has 1 N–H and O–H groups in total. The van der Waals surface area contributed by atoms with Gasteiger partial charge >= 0.3 is 0 Å². The van der Waals surface area contributed by atoms with Crippen LogP contribution in [0.3, 0.4) is 0 Å². The van der Waals surface area contributed by atoms with Crippen molar-refractivity contribution in [2.45, 2.75) is 19.8 Å². The second kappa shape index (κ2) is 5.96. The Labute approximate surface area is 89.5 Å². The fourth-order valence-electron chi connectivity index (χ4n) is 1.26. The van der Waals surface area contributed by atoms with Crippen LogP contribution in [0, 0.1) is 0 Å². The number of benzene rings is 1. The molecular weight excluding hydrogens is 190 g/mol. The van der Waals surface area contributed by atoms with Crippen molar-refractivity contribution < 1.29 is 9.59 Å². The van der Waals surface area contributed by atoms with Crippen LogP contribution in [0.5, 0.6) is 0 Å². The van der Waals surface area contributed by atoms with Crippen LogP contribution in [-0.4, -0.2) is 18.2 Å². The number of Topliss-reactive ketones (excluding diaryl/α,β-unsaturated/α-hetero) is 1. The zero-order chi connectivity index (χ0) is 11.1. The lowest BCUT2D eigenvalue weighted by atomic mass is 10.1. The van der Waals surface area contributed by atoms with Gasteiger partial charge in [-0.1, -0.05) is 30.3 Å². The van der Waals surface area contributed by atoms with Gasteiger partial charge in [0.05, 0.1) is 0 Å². The predicted octanol–water partition coefficient (Wildman–Crippen LogP) is 1.32. The Kier molecular flexibility index (Phi) is 4.54. The van der Waals surface area contributed by atoms with Crippen LogP contribution < -0.4 is 5.32 Å². The standard InChI is InChI=1S/C12H15NO2/c1-10(14)12(15)13-9-5-8-11-6-3-2-4-7-11/h2-4,6-7H,5,8-9H2,1H3,(H,13,15). The first-order chi connectivity index (χ1) is 7.20. The molecule has 1 aromatic rings. The van der Waals surface area contributed by atoms with Crippen LogP contribution in [-0.2, 0) is 16.0 Å². The van der Waals surface area contributed by atoms with E-state index in [0.717, 1.165) is 12.8 Å². The summed E-state index contributed by atoms with van der Waals surface area (Å²) in [4.78, 5) is 21.5. The molecular formula is C12H15NO2. The third-order valence-electron chi connectivity index (χ3n) is 2.09. The largest absolute Gasteiger partial charge is 0.350 e. The molecule has 3 heteroatoms. The highest BCUT2D eigenvalue weighted by Gasteiger charge is 2.04. The summed E-state index contributed by atoms with van der Waals surface area (Å²) in [7, 11) is 0. The van der Waals surface area contributed by atoms with E-state index >= 15 is 0 Å². The highest BCUT2D eigenvalue weighted by Crippen LogP contribution is 2.01. The number of hydrogen-bond acceptors (Lipinski definition) is 2. The molecule has 0 aliphatic heterocycles. The molecule has 0 heterocycles. The van der Waals surface area contributed by atoms with Gasteiger partial charge in [-0.3, -0.25) is 9.59 Å². The van der Waals surface area contributed by atoms with Gasteiger partial charge in [-0.2, -0.15) is 0 Å². The maximum Gasteiger partial charge on any atom is 0.287 e. The first kappa shape index (κ1) is 11.4. The van der Waals surface area contributed by atoms with E-state index < -0.39 is 11.7 Å². The van der Waals surface area contributed by atoms with Crippen molar-refractivity contribution in [2.24, 2.45) is 0 Å². The van der Waals surface area contributed by atoms with Gasteiger partial charge in [0.2, 0.25) is 5.78 Å². The smallest absolute Gasteiger partial charge is 0.287 e. The Balaban J connectivity index is 2.18. The molecule has 0 unspecified atom stereocenters. The van der Waals surface area contributed by atoms with E-state index in [-0.39, 0.29) is 0 Å². The normalized spacial score (nSPS) is 9.67. The van der Waals surface area contributed by atoms with Gasteiger partial charge in [0.15, 0.2) is 0 Å². The van der Waals surface area contributed by atoms with Crippen LogP contribution in [0.15, 0.2) is 30.3 Å². The quantitative estimate of drug-likeness (QED) is 0.582. The van der Waals surface area contributed by atoms with Crippen molar-refractivity contribution in [2.75, 3.05) is 6.54 Å². The molecule has 0 saturated carbocycles. The zero-order valence-corrected chi connectivity index (χ0v) is 8.82. The lowest BCUT2D eigenvalue weighted by molar-refractivity contribution is -0.136. The summed E-state index contributed by atoms with van der Waals surface area (Å²) in [6.45, 7) is 1.82. The highest BCUT2D eigenvalue weighted by atomic mass is 16.2. The molecule has 1 aromatic carbocycles. The van der Waals surface area contributed by atoms with Crippen molar-refractivity contribution in [1.82, 2.24) is 5.32 Å². The predicted molar refractivity (Wildman–Crippen MR) is 58.5 cm³/mol. The molecule has 3 nitrogen and oxygen atoms in total. The van der Waals surface area contributed by atoms with E-state index in [0.29, 0.717) is 6.54 Å². The summed E-state index contributed by atoms with van der Waals surface area (Å²) in [5.41, 5.74) is 1.24. The minimum absolute atomic E-state index is 0.435. The number of rotatable bonds is 5. The molecule has 1 amide bonds. The molecule has 0 aromatic heterocycles. The van der Waals surface area contributed by atoms with Gasteiger partial charge in [0.1, 0.15) is 0 Å². The molecule has 0 spiro atoms. The van der Waals surface area contributed by atoms with Gasteiger partial charge in [-0.05, 0) is 18.4 Å². The van der Waals surface area contributed by atoms with Crippen LogP contribution in [0.2, 0.25) is 0 Å². The van der Waals surface area contributed by atoms with Crippen LogP contribution >= 0.6 is 0 Å². The Morgan fingerprint density at radius 3 is 2.47 bits per heavy atom. The Bertz CT molecular complexity index is 333. The van der Waals surface area contributed by atoms with Crippen LogP contribution in [0.25, 0.3) is 0 Å². The Morgan fingerprint density at radius 1 is 1.20 bits per heavy atom. The van der Waals surface area contributed by atoms with Crippen LogP contribution in [0.1, 0.15) is 18.9 Å². The summed E-state index contributed by atoms with van der Waals surface area (Å²) in [6.07, 6.45) is 1.77. The number of hydrogen-bond donors (Lipinski definition) is 1. The first-order valence-electron chi connectivity index (χ1n) is 5.03. The number of carbonyl (C=O) groups excluding carboxylic acids is 2. The van der Waals surface area contributed by atoms with Crippen molar-refractivity contribution >= 4 is 11.7 Å². The first-order valence-corrected chi connectivity index (χ1v) is 5.03. The van der Waals surface area contributed by atoms with Gasteiger partial charge in [-0.25, -0.2) is 0 Å². The second-order valence-electron chi connectivity index (χ2n) is 3.40. The summed E-state index contributed by atoms with van der Waals surface area (Å²) < 4.78 is 0. The van der Waals surface area contributed by atoms with E-state index in [9.17, 15) is 9.59 Å². The minimum Gasteiger partial charge on any atom is -0.350 e. The van der Waals surface area contributed by atoms with Crippen molar-refractivity contribution in [3.05, 3.63) is 35.9 Å². The summed E-state index contributed by atoms with van der Waals surface area (Å²) in [5.74, 6) is -0.933. The third kappa shape index (κ3) is 4.40. The van der Waals surface area contributed by atoms with Crippen LogP contribution in [0.4, 0.5) is 0 Å². The fraction of sp³-hybridized carbons (Fsp3) is 0.333. The monoisotopic (exact) mass is 205 g/mol. The number of amides is 1. The molecule has 0 saturated heterocycles. The number of carbonyl (C=O) groups is 2. The van der Waals surface area contributed by atoms with Gasteiger partial charge < -0.3 is 5.32 Å². The van der Waals surface area contributed by atoms with Crippen molar-refractivity contribution in [1.29, 1.82) is 0 Å².